The van der Waals surface area contributed by atoms with Crippen molar-refractivity contribution < 1.29 is 29.9 Å². The van der Waals surface area contributed by atoms with E-state index < -0.39 is 34.2 Å². The van der Waals surface area contributed by atoms with Gasteiger partial charge in [-0.3, -0.25) is 0 Å². The van der Waals surface area contributed by atoms with E-state index in [0.29, 0.717) is 50.0 Å². The van der Waals surface area contributed by atoms with Gasteiger partial charge in [-0.25, -0.2) is 0 Å². The number of ether oxygens (including phenoxy) is 2. The number of nitrogens with zero attached hydrogens (tertiary/aromatic N) is 4. The highest BCUT2D eigenvalue weighted by Gasteiger charge is 2.74. The third kappa shape index (κ3) is 2.61. The molecule has 10 rings (SSSR count). The minimum atomic E-state index is -1.00. The molecule has 230 valence electrons. The number of piperidine rings is 2. The van der Waals surface area contributed by atoms with E-state index in [9.17, 15) is 20.4 Å². The first kappa shape index (κ1) is 26.1. The van der Waals surface area contributed by atoms with E-state index in [1.54, 1.807) is 12.1 Å². The summed E-state index contributed by atoms with van der Waals surface area (Å²) >= 11 is 0. The second kappa shape index (κ2) is 7.96. The maximum Gasteiger partial charge on any atom is 0.166 e. The Hall–Kier alpha value is -3.18. The lowest BCUT2D eigenvalue weighted by Crippen LogP contribution is -2.76. The molecule has 4 aliphatic heterocycles. The van der Waals surface area contributed by atoms with Gasteiger partial charge < -0.3 is 39.7 Å². The van der Waals surface area contributed by atoms with E-state index in [1.807, 2.05) is 12.1 Å². The smallest absolute Gasteiger partial charge is 0.166 e. The van der Waals surface area contributed by atoms with Gasteiger partial charge in [0.15, 0.2) is 35.2 Å². The fraction of sp³-hybridized carbons (Fsp3) is 0.588. The molecule has 2 aromatic carbocycles. The van der Waals surface area contributed by atoms with Crippen LogP contribution >= 0.6 is 0 Å². The van der Waals surface area contributed by atoms with Crippen molar-refractivity contribution >= 4 is 11.4 Å². The minimum absolute atomic E-state index is 0.0377. The molecule has 0 radical (unpaired) electrons. The standard InChI is InChI=1S/C34H38N4O6/c1-37-13-11-31-25-17-3-5-21(39)27(25)43-29(31)19(7-9-33(31,41)23(37)15-17)35-36-20-8-10-34(42)24-16-18-4-6-22(40)28-26(18)32(34,30(20)44-28)12-14-38(24)2/h3-6,23-24,29-30,39-42H,7-16H2,1-2H3. The van der Waals surface area contributed by atoms with Crippen molar-refractivity contribution in [3.8, 4) is 23.0 Å². The summed E-state index contributed by atoms with van der Waals surface area (Å²) in [6.45, 7) is 1.64. The average Bonchev–Trinajstić information content (AvgIpc) is 3.54. The summed E-state index contributed by atoms with van der Waals surface area (Å²) in [7, 11) is 4.18. The van der Waals surface area contributed by atoms with E-state index in [2.05, 4.69) is 23.9 Å². The number of likely N-dealkylation sites (N-methyl/N-ethyl adjacent to an activating group) is 2. The molecule has 2 spiro atoms. The van der Waals surface area contributed by atoms with Gasteiger partial charge in [0.05, 0.1) is 33.5 Å². The Balaban J connectivity index is 1.10. The van der Waals surface area contributed by atoms with Crippen molar-refractivity contribution in [3.05, 3.63) is 46.5 Å². The lowest BCUT2D eigenvalue weighted by atomic mass is 9.49. The molecule has 2 aromatic rings. The minimum Gasteiger partial charge on any atom is -0.504 e. The number of likely N-dealkylation sites (tertiary alicyclic amines) is 2. The maximum absolute atomic E-state index is 12.5. The van der Waals surface area contributed by atoms with Crippen molar-refractivity contribution in [1.29, 1.82) is 0 Å². The normalized spacial score (nSPS) is 44.3. The SMILES string of the molecule is CN1CCC23c4c5ccc(O)c4OC2C(=NN=C2CCC4(O)C6Cc7ccc(O)c8c7C4(CCN6C)C2O8)CCC3(O)C1C5. The van der Waals surface area contributed by atoms with Crippen molar-refractivity contribution in [1.82, 2.24) is 9.80 Å². The zero-order chi connectivity index (χ0) is 30.0. The molecule has 2 saturated heterocycles. The van der Waals surface area contributed by atoms with Gasteiger partial charge >= 0.3 is 0 Å². The first-order valence-corrected chi connectivity index (χ1v) is 16.2. The van der Waals surface area contributed by atoms with Gasteiger partial charge in [-0.15, -0.1) is 0 Å². The summed E-state index contributed by atoms with van der Waals surface area (Å²) in [5.74, 6) is 1.17. The molecular weight excluding hydrogens is 560 g/mol. The number of rotatable bonds is 1. The van der Waals surface area contributed by atoms with Crippen LogP contribution in [0, 0.1) is 0 Å². The highest BCUT2D eigenvalue weighted by atomic mass is 16.5. The highest BCUT2D eigenvalue weighted by Crippen LogP contribution is 2.66. The van der Waals surface area contributed by atoms with E-state index in [1.165, 1.54) is 0 Å². The van der Waals surface area contributed by atoms with E-state index >= 15 is 0 Å². The molecule has 4 heterocycles. The molecule has 10 heteroatoms. The van der Waals surface area contributed by atoms with Gasteiger partial charge in [0.1, 0.15) is 0 Å². The fourth-order valence-electron chi connectivity index (χ4n) is 11.4. The summed E-state index contributed by atoms with van der Waals surface area (Å²) in [5, 5.41) is 56.7. The molecule has 4 bridgehead atoms. The Morgan fingerprint density at radius 2 is 1.11 bits per heavy atom. The molecule has 0 amide bonds. The average molecular weight is 599 g/mol. The van der Waals surface area contributed by atoms with Crippen LogP contribution in [0.3, 0.4) is 0 Å². The number of phenols is 2. The predicted molar refractivity (Wildman–Crippen MR) is 161 cm³/mol. The molecular formula is C34H38N4O6. The van der Waals surface area contributed by atoms with Crippen LogP contribution in [0.5, 0.6) is 23.0 Å². The van der Waals surface area contributed by atoms with Crippen LogP contribution in [0.2, 0.25) is 0 Å². The van der Waals surface area contributed by atoms with E-state index in [-0.39, 0.29) is 23.6 Å². The Bertz CT molecular complexity index is 1620. The Morgan fingerprint density at radius 1 is 0.682 bits per heavy atom. The first-order chi connectivity index (χ1) is 21.1. The van der Waals surface area contributed by atoms with Crippen LogP contribution in [-0.2, 0) is 23.7 Å². The molecule has 4 N–H and O–H groups in total. The number of hydrogen-bond donors (Lipinski definition) is 4. The van der Waals surface area contributed by atoms with Crippen LogP contribution in [0.4, 0.5) is 0 Å². The topological polar surface area (TPSA) is 131 Å². The van der Waals surface area contributed by atoms with Gasteiger partial charge in [0.25, 0.3) is 0 Å². The van der Waals surface area contributed by atoms with Crippen molar-refractivity contribution in [3.63, 3.8) is 0 Å². The van der Waals surface area contributed by atoms with Gasteiger partial charge in [0, 0.05) is 23.2 Å². The fourth-order valence-corrected chi connectivity index (χ4v) is 11.4. The summed E-state index contributed by atoms with van der Waals surface area (Å²) in [5.41, 5.74) is 2.31. The third-order valence-corrected chi connectivity index (χ3v) is 13.4. The predicted octanol–water partition coefficient (Wildman–Crippen LogP) is 2.16. The summed E-state index contributed by atoms with van der Waals surface area (Å²) in [4.78, 5) is 4.55. The highest BCUT2D eigenvalue weighted by molar-refractivity contribution is 5.97. The van der Waals surface area contributed by atoms with E-state index in [4.69, 9.17) is 19.7 Å². The van der Waals surface area contributed by atoms with Crippen LogP contribution in [0.25, 0.3) is 0 Å². The summed E-state index contributed by atoms with van der Waals surface area (Å²) < 4.78 is 13.2. The molecule has 4 fully saturated rings. The van der Waals surface area contributed by atoms with Gasteiger partial charge in [-0.05, 0) is 102 Å². The molecule has 2 saturated carbocycles. The first-order valence-electron chi connectivity index (χ1n) is 16.2. The number of aromatic hydroxyl groups is 2. The second-order valence-electron chi connectivity index (χ2n) is 14.8. The van der Waals surface area contributed by atoms with Gasteiger partial charge in [-0.1, -0.05) is 12.1 Å². The molecule has 8 aliphatic rings. The summed E-state index contributed by atoms with van der Waals surface area (Å²) in [6.07, 6.45) is 3.95. The Morgan fingerprint density at radius 3 is 1.55 bits per heavy atom. The van der Waals surface area contributed by atoms with Crippen molar-refractivity contribution in [2.75, 3.05) is 27.2 Å². The summed E-state index contributed by atoms with van der Waals surface area (Å²) in [6, 6.07) is 7.31. The third-order valence-electron chi connectivity index (χ3n) is 13.4. The van der Waals surface area contributed by atoms with Crippen LogP contribution in [-0.4, -0.2) is 104 Å². The molecule has 8 atom stereocenters. The zero-order valence-corrected chi connectivity index (χ0v) is 25.1. The Kier molecular flexibility index (Phi) is 4.72. The van der Waals surface area contributed by atoms with Gasteiger partial charge in [0.2, 0.25) is 0 Å². The number of hydrogen-bond acceptors (Lipinski definition) is 10. The van der Waals surface area contributed by atoms with Crippen molar-refractivity contribution in [2.24, 2.45) is 10.2 Å². The monoisotopic (exact) mass is 598 g/mol. The molecule has 44 heavy (non-hydrogen) atoms. The quantitative estimate of drug-likeness (QED) is 0.368. The Labute approximate surface area is 255 Å². The van der Waals surface area contributed by atoms with Crippen LogP contribution in [0.15, 0.2) is 34.5 Å². The van der Waals surface area contributed by atoms with Gasteiger partial charge in [-0.2, -0.15) is 10.2 Å². The van der Waals surface area contributed by atoms with E-state index in [0.717, 1.165) is 59.6 Å². The number of phenolic OH excluding ortho intramolecular Hbond substituents is 2. The number of aliphatic hydroxyl groups is 2. The molecule has 8 unspecified atom stereocenters. The second-order valence-corrected chi connectivity index (χ2v) is 14.8. The van der Waals surface area contributed by atoms with Crippen molar-refractivity contribution in [2.45, 2.75) is 97.7 Å². The maximum atomic E-state index is 12.5. The lowest BCUT2D eigenvalue weighted by Gasteiger charge is -2.62. The molecule has 4 aliphatic carbocycles. The lowest BCUT2D eigenvalue weighted by molar-refractivity contribution is -0.161. The molecule has 0 aromatic heterocycles. The van der Waals surface area contributed by atoms with Crippen LogP contribution in [0.1, 0.15) is 60.8 Å². The number of benzene rings is 2. The molecule has 10 nitrogen and oxygen atoms in total. The van der Waals surface area contributed by atoms with Crippen LogP contribution < -0.4 is 9.47 Å². The largest absolute Gasteiger partial charge is 0.504 e. The zero-order valence-electron chi connectivity index (χ0n) is 25.1.